The number of amides is 2. The van der Waals surface area contributed by atoms with Gasteiger partial charge in [-0.1, -0.05) is 25.4 Å². The molecular weight excluding hydrogens is 280 g/mol. The van der Waals surface area contributed by atoms with Crippen molar-refractivity contribution in [3.63, 3.8) is 0 Å². The van der Waals surface area contributed by atoms with E-state index < -0.39 is 6.04 Å². The zero-order chi connectivity index (χ0) is 15.3. The summed E-state index contributed by atoms with van der Waals surface area (Å²) in [7, 11) is 0. The highest BCUT2D eigenvalue weighted by Crippen LogP contribution is 2.19. The van der Waals surface area contributed by atoms with Crippen LogP contribution in [-0.2, 0) is 9.59 Å². The van der Waals surface area contributed by atoms with Crippen molar-refractivity contribution >= 4 is 29.1 Å². The Bertz CT molecular complexity index is 505. The first kappa shape index (κ1) is 16.4. The van der Waals surface area contributed by atoms with E-state index in [1.165, 1.54) is 0 Å². The Hall–Kier alpha value is -1.66. The Kier molecular flexibility index (Phi) is 5.91. The van der Waals surface area contributed by atoms with Crippen LogP contribution in [0.1, 0.15) is 19.4 Å². The summed E-state index contributed by atoms with van der Waals surface area (Å²) >= 11 is 5.86. The SMILES string of the molecule is Cc1cnc(Cl)c(NC(=O)CNC(=O)[C@@H](N)C(C)C)c1. The molecule has 4 N–H and O–H groups in total. The van der Waals surface area contributed by atoms with Gasteiger partial charge in [0, 0.05) is 6.20 Å². The molecule has 0 aliphatic heterocycles. The fourth-order valence-corrected chi connectivity index (χ4v) is 1.57. The number of carbonyl (C=O) groups excluding carboxylic acids is 2. The minimum absolute atomic E-state index is 0.00785. The van der Waals surface area contributed by atoms with E-state index in [0.717, 1.165) is 5.56 Å². The lowest BCUT2D eigenvalue weighted by Gasteiger charge is -2.15. The number of pyridine rings is 1. The highest BCUT2D eigenvalue weighted by Gasteiger charge is 2.17. The number of hydrogen-bond donors (Lipinski definition) is 3. The largest absolute Gasteiger partial charge is 0.346 e. The first-order chi connectivity index (χ1) is 9.31. The lowest BCUT2D eigenvalue weighted by molar-refractivity contribution is -0.125. The smallest absolute Gasteiger partial charge is 0.243 e. The third kappa shape index (κ3) is 4.79. The molecule has 1 aromatic rings. The summed E-state index contributed by atoms with van der Waals surface area (Å²) in [6, 6.07) is 1.07. The van der Waals surface area contributed by atoms with E-state index in [-0.39, 0.29) is 29.4 Å². The van der Waals surface area contributed by atoms with Crippen molar-refractivity contribution in [1.82, 2.24) is 10.3 Å². The molecule has 7 heteroatoms. The van der Waals surface area contributed by atoms with Crippen LogP contribution in [0.25, 0.3) is 0 Å². The first-order valence-corrected chi connectivity index (χ1v) is 6.64. The highest BCUT2D eigenvalue weighted by atomic mass is 35.5. The Morgan fingerprint density at radius 2 is 2.10 bits per heavy atom. The maximum atomic E-state index is 11.7. The van der Waals surface area contributed by atoms with E-state index in [0.29, 0.717) is 5.69 Å². The summed E-state index contributed by atoms with van der Waals surface area (Å²) in [5.41, 5.74) is 6.95. The molecule has 0 saturated carbocycles. The molecule has 0 spiro atoms. The van der Waals surface area contributed by atoms with Crippen LogP contribution in [0.15, 0.2) is 12.3 Å². The van der Waals surface area contributed by atoms with Crippen LogP contribution in [0.4, 0.5) is 5.69 Å². The van der Waals surface area contributed by atoms with E-state index in [4.69, 9.17) is 17.3 Å². The Balaban J connectivity index is 2.52. The van der Waals surface area contributed by atoms with Gasteiger partial charge in [0.15, 0.2) is 5.15 Å². The van der Waals surface area contributed by atoms with E-state index in [2.05, 4.69) is 15.6 Å². The maximum absolute atomic E-state index is 11.7. The summed E-state index contributed by atoms with van der Waals surface area (Å²) in [6.07, 6.45) is 1.60. The van der Waals surface area contributed by atoms with Gasteiger partial charge in [0.05, 0.1) is 18.3 Å². The average Bonchev–Trinajstić information content (AvgIpc) is 2.39. The van der Waals surface area contributed by atoms with Gasteiger partial charge >= 0.3 is 0 Å². The van der Waals surface area contributed by atoms with E-state index in [1.807, 2.05) is 20.8 Å². The van der Waals surface area contributed by atoms with Crippen LogP contribution in [0.2, 0.25) is 5.15 Å². The maximum Gasteiger partial charge on any atom is 0.243 e. The number of anilines is 1. The van der Waals surface area contributed by atoms with Crippen LogP contribution in [0, 0.1) is 12.8 Å². The second-order valence-electron chi connectivity index (χ2n) is 4.89. The van der Waals surface area contributed by atoms with Gasteiger partial charge in [-0.3, -0.25) is 9.59 Å². The standard InChI is InChI=1S/C13H19ClN4O2/c1-7(2)11(15)13(20)17-6-10(19)18-9-4-8(3)5-16-12(9)14/h4-5,7,11H,6,15H2,1-3H3,(H,17,20)(H,18,19)/t11-/m0/s1. The number of nitrogens with two attached hydrogens (primary N) is 1. The van der Waals surface area contributed by atoms with Gasteiger partial charge in [0.25, 0.3) is 0 Å². The van der Waals surface area contributed by atoms with E-state index >= 15 is 0 Å². The summed E-state index contributed by atoms with van der Waals surface area (Å²) in [5, 5.41) is 5.27. The molecule has 0 saturated heterocycles. The molecule has 110 valence electrons. The molecule has 0 radical (unpaired) electrons. The van der Waals surface area contributed by atoms with Crippen LogP contribution in [0.5, 0.6) is 0 Å². The van der Waals surface area contributed by atoms with Gasteiger partial charge < -0.3 is 16.4 Å². The zero-order valence-electron chi connectivity index (χ0n) is 11.7. The Morgan fingerprint density at radius 3 is 2.70 bits per heavy atom. The van der Waals surface area contributed by atoms with Crippen molar-refractivity contribution in [2.75, 3.05) is 11.9 Å². The number of nitrogens with one attached hydrogen (secondary N) is 2. The first-order valence-electron chi connectivity index (χ1n) is 6.26. The van der Waals surface area contributed by atoms with E-state index in [9.17, 15) is 9.59 Å². The van der Waals surface area contributed by atoms with Gasteiger partial charge in [-0.25, -0.2) is 4.98 Å². The number of aromatic nitrogens is 1. The number of halogens is 1. The van der Waals surface area contributed by atoms with Crippen molar-refractivity contribution < 1.29 is 9.59 Å². The topological polar surface area (TPSA) is 97.1 Å². The van der Waals surface area contributed by atoms with Gasteiger partial charge in [-0.2, -0.15) is 0 Å². The van der Waals surface area contributed by atoms with Crippen molar-refractivity contribution in [1.29, 1.82) is 0 Å². The number of hydrogen-bond acceptors (Lipinski definition) is 4. The van der Waals surface area contributed by atoms with Gasteiger partial charge in [-0.15, -0.1) is 0 Å². The molecule has 2 amide bonds. The quantitative estimate of drug-likeness (QED) is 0.709. The Labute approximate surface area is 123 Å². The molecular formula is C13H19ClN4O2. The van der Waals surface area contributed by atoms with Gasteiger partial charge in [-0.05, 0) is 24.5 Å². The van der Waals surface area contributed by atoms with Crippen LogP contribution >= 0.6 is 11.6 Å². The molecule has 1 atom stereocenters. The number of carbonyl (C=O) groups is 2. The highest BCUT2D eigenvalue weighted by molar-refractivity contribution is 6.32. The fourth-order valence-electron chi connectivity index (χ4n) is 1.42. The number of rotatable bonds is 5. The molecule has 0 aliphatic rings. The molecule has 1 heterocycles. The Morgan fingerprint density at radius 1 is 1.45 bits per heavy atom. The van der Waals surface area contributed by atoms with Crippen molar-refractivity contribution in [3.8, 4) is 0 Å². The minimum atomic E-state index is -0.632. The van der Waals surface area contributed by atoms with Crippen LogP contribution in [0.3, 0.4) is 0 Å². The summed E-state index contributed by atoms with van der Waals surface area (Å²) in [5.74, 6) is -0.735. The molecule has 1 aromatic heterocycles. The third-order valence-corrected chi connectivity index (χ3v) is 3.00. The molecule has 0 unspecified atom stereocenters. The fraction of sp³-hybridized carbons (Fsp3) is 0.462. The molecule has 20 heavy (non-hydrogen) atoms. The number of nitrogens with zero attached hydrogens (tertiary/aromatic N) is 1. The lowest BCUT2D eigenvalue weighted by Crippen LogP contribution is -2.46. The molecule has 0 fully saturated rings. The summed E-state index contributed by atoms with van der Waals surface area (Å²) < 4.78 is 0. The van der Waals surface area contributed by atoms with Crippen molar-refractivity contribution in [2.45, 2.75) is 26.8 Å². The molecule has 0 aliphatic carbocycles. The van der Waals surface area contributed by atoms with E-state index in [1.54, 1.807) is 12.3 Å². The predicted octanol–water partition coefficient (Wildman–Crippen LogP) is 1.08. The molecule has 1 rings (SSSR count). The third-order valence-electron chi connectivity index (χ3n) is 2.69. The van der Waals surface area contributed by atoms with Crippen LogP contribution < -0.4 is 16.4 Å². The minimum Gasteiger partial charge on any atom is -0.346 e. The van der Waals surface area contributed by atoms with Gasteiger partial charge in [0.1, 0.15) is 0 Å². The summed E-state index contributed by atoms with van der Waals surface area (Å²) in [4.78, 5) is 27.2. The zero-order valence-corrected chi connectivity index (χ0v) is 12.5. The lowest BCUT2D eigenvalue weighted by atomic mass is 10.1. The summed E-state index contributed by atoms with van der Waals surface area (Å²) in [6.45, 7) is 5.34. The molecule has 0 bridgehead atoms. The normalized spacial score (nSPS) is 12.1. The van der Waals surface area contributed by atoms with Crippen LogP contribution in [-0.4, -0.2) is 29.4 Å². The monoisotopic (exact) mass is 298 g/mol. The second kappa shape index (κ2) is 7.21. The number of aryl methyl sites for hydroxylation is 1. The average molecular weight is 299 g/mol. The molecule has 0 aromatic carbocycles. The van der Waals surface area contributed by atoms with Crippen molar-refractivity contribution in [2.24, 2.45) is 11.7 Å². The predicted molar refractivity (Wildman–Crippen MR) is 78.4 cm³/mol. The van der Waals surface area contributed by atoms with Crippen molar-refractivity contribution in [3.05, 3.63) is 23.0 Å². The van der Waals surface area contributed by atoms with Gasteiger partial charge in [0.2, 0.25) is 11.8 Å². The molecule has 6 nitrogen and oxygen atoms in total. The second-order valence-corrected chi connectivity index (χ2v) is 5.24.